The third-order valence-corrected chi connectivity index (χ3v) is 3.97. The van der Waals surface area contributed by atoms with Gasteiger partial charge in [0.05, 0.1) is 17.6 Å². The van der Waals surface area contributed by atoms with E-state index in [4.69, 9.17) is 5.73 Å². The van der Waals surface area contributed by atoms with Gasteiger partial charge in [0.2, 0.25) is 0 Å². The van der Waals surface area contributed by atoms with Crippen molar-refractivity contribution in [3.8, 4) is 0 Å². The van der Waals surface area contributed by atoms with Crippen molar-refractivity contribution in [2.45, 2.75) is 25.3 Å². The van der Waals surface area contributed by atoms with E-state index >= 15 is 0 Å². The molecule has 4 heteroatoms. The Morgan fingerprint density at radius 2 is 2.12 bits per heavy atom. The Morgan fingerprint density at radius 1 is 1.24 bits per heavy atom. The molecule has 2 saturated heterocycles. The molecule has 4 nitrogen and oxygen atoms in total. The molecule has 3 rings (SSSR count). The van der Waals surface area contributed by atoms with Crippen LogP contribution in [0.2, 0.25) is 0 Å². The van der Waals surface area contributed by atoms with Gasteiger partial charge in [0.1, 0.15) is 0 Å². The van der Waals surface area contributed by atoms with Gasteiger partial charge in [-0.2, -0.15) is 0 Å². The molecule has 1 aromatic heterocycles. The van der Waals surface area contributed by atoms with Gasteiger partial charge in [-0.3, -0.25) is 9.88 Å². The fraction of sp³-hybridized carbons (Fsp3) is 0.615. The van der Waals surface area contributed by atoms with Crippen LogP contribution >= 0.6 is 0 Å². The largest absolute Gasteiger partial charge is 0.396 e. The van der Waals surface area contributed by atoms with Crippen LogP contribution in [0, 0.1) is 0 Å². The smallest absolute Gasteiger partial charge is 0.0738 e. The summed E-state index contributed by atoms with van der Waals surface area (Å²) in [6.45, 7) is 4.76. The number of nitrogen functional groups attached to an aromatic ring is 1. The van der Waals surface area contributed by atoms with E-state index in [0.717, 1.165) is 30.5 Å². The lowest BCUT2D eigenvalue weighted by molar-refractivity contribution is 0.273. The van der Waals surface area contributed by atoms with Crippen LogP contribution in [-0.4, -0.2) is 42.1 Å². The van der Waals surface area contributed by atoms with E-state index in [-0.39, 0.29) is 0 Å². The molecule has 3 heterocycles. The molecule has 0 amide bonds. The molecule has 0 radical (unpaired) electrons. The Labute approximate surface area is 102 Å². The van der Waals surface area contributed by atoms with Crippen LogP contribution in [0.3, 0.4) is 0 Å². The lowest BCUT2D eigenvalue weighted by atomic mass is 10.2. The Kier molecular flexibility index (Phi) is 2.89. The summed E-state index contributed by atoms with van der Waals surface area (Å²) in [4.78, 5) is 9.14. The highest BCUT2D eigenvalue weighted by Crippen LogP contribution is 2.27. The van der Waals surface area contributed by atoms with Gasteiger partial charge >= 0.3 is 0 Å². The van der Waals surface area contributed by atoms with Crippen molar-refractivity contribution < 1.29 is 0 Å². The third kappa shape index (κ3) is 2.09. The summed E-state index contributed by atoms with van der Waals surface area (Å²) in [6.07, 6.45) is 7.51. The van der Waals surface area contributed by atoms with Crippen LogP contribution < -0.4 is 10.6 Å². The maximum absolute atomic E-state index is 6.02. The number of nitrogens with zero attached hydrogens (tertiary/aromatic N) is 3. The summed E-state index contributed by atoms with van der Waals surface area (Å²) >= 11 is 0. The summed E-state index contributed by atoms with van der Waals surface area (Å²) < 4.78 is 0. The van der Waals surface area contributed by atoms with Gasteiger partial charge in [-0.05, 0) is 31.9 Å². The van der Waals surface area contributed by atoms with Crippen molar-refractivity contribution in [1.29, 1.82) is 0 Å². The van der Waals surface area contributed by atoms with E-state index in [1.54, 1.807) is 6.20 Å². The zero-order valence-electron chi connectivity index (χ0n) is 10.2. The normalized spacial score (nSPS) is 25.6. The zero-order valence-corrected chi connectivity index (χ0v) is 10.2. The summed E-state index contributed by atoms with van der Waals surface area (Å²) in [7, 11) is 0. The van der Waals surface area contributed by atoms with E-state index in [1.165, 1.54) is 32.4 Å². The summed E-state index contributed by atoms with van der Waals surface area (Å²) in [5.41, 5.74) is 7.99. The van der Waals surface area contributed by atoms with E-state index < -0.39 is 0 Å². The minimum Gasteiger partial charge on any atom is -0.396 e. The number of hydrogen-bond donors (Lipinski definition) is 1. The Balaban J connectivity index is 1.81. The first-order valence-corrected chi connectivity index (χ1v) is 6.53. The van der Waals surface area contributed by atoms with Crippen molar-refractivity contribution in [3.05, 3.63) is 18.5 Å². The molecule has 17 heavy (non-hydrogen) atoms. The number of rotatable bonds is 1. The average molecular weight is 232 g/mol. The molecule has 92 valence electrons. The molecular formula is C13H20N4. The number of anilines is 2. The monoisotopic (exact) mass is 232 g/mol. The van der Waals surface area contributed by atoms with Gasteiger partial charge in [-0.1, -0.05) is 0 Å². The van der Waals surface area contributed by atoms with Crippen LogP contribution in [-0.2, 0) is 0 Å². The first-order valence-electron chi connectivity index (χ1n) is 6.53. The van der Waals surface area contributed by atoms with Crippen LogP contribution in [0.1, 0.15) is 19.3 Å². The standard InChI is InChI=1S/C13H20N4/c14-12-9-15-5-4-13(12)17-8-2-7-16-6-1-3-11(16)10-17/h4-5,9,11H,1-3,6-8,10,14H2. The fourth-order valence-electron chi connectivity index (χ4n) is 3.11. The Hall–Kier alpha value is -1.29. The molecule has 1 atom stereocenters. The molecule has 2 fully saturated rings. The predicted octanol–water partition coefficient (Wildman–Crippen LogP) is 1.34. The number of aromatic nitrogens is 1. The SMILES string of the molecule is Nc1cnccc1N1CCCN2CCCC2C1. The van der Waals surface area contributed by atoms with E-state index in [2.05, 4.69) is 14.8 Å². The third-order valence-electron chi connectivity index (χ3n) is 3.97. The van der Waals surface area contributed by atoms with Crippen molar-refractivity contribution >= 4 is 11.4 Å². The summed E-state index contributed by atoms with van der Waals surface area (Å²) in [5.74, 6) is 0. The Bertz CT molecular complexity index is 393. The number of hydrogen-bond acceptors (Lipinski definition) is 4. The second-order valence-electron chi connectivity index (χ2n) is 5.07. The first-order chi connectivity index (χ1) is 8.34. The van der Waals surface area contributed by atoms with Gasteiger partial charge in [0.15, 0.2) is 0 Å². The maximum Gasteiger partial charge on any atom is 0.0738 e. The highest BCUT2D eigenvalue weighted by atomic mass is 15.3. The van der Waals surface area contributed by atoms with Gasteiger partial charge < -0.3 is 10.6 Å². The van der Waals surface area contributed by atoms with Crippen LogP contribution in [0.5, 0.6) is 0 Å². The Morgan fingerprint density at radius 3 is 3.00 bits per heavy atom. The average Bonchev–Trinajstić information content (AvgIpc) is 2.68. The molecule has 0 bridgehead atoms. The van der Waals surface area contributed by atoms with Gasteiger partial charge in [-0.25, -0.2) is 0 Å². The van der Waals surface area contributed by atoms with E-state index in [9.17, 15) is 0 Å². The van der Waals surface area contributed by atoms with Crippen molar-refractivity contribution in [2.75, 3.05) is 36.8 Å². The highest BCUT2D eigenvalue weighted by molar-refractivity contribution is 5.66. The minimum absolute atomic E-state index is 0.727. The summed E-state index contributed by atoms with van der Waals surface area (Å²) in [6, 6.07) is 2.77. The molecule has 2 aliphatic heterocycles. The highest BCUT2D eigenvalue weighted by Gasteiger charge is 2.29. The molecule has 0 aromatic carbocycles. The van der Waals surface area contributed by atoms with Gasteiger partial charge in [0.25, 0.3) is 0 Å². The first kappa shape index (κ1) is 10.8. The van der Waals surface area contributed by atoms with Crippen molar-refractivity contribution in [1.82, 2.24) is 9.88 Å². The quantitative estimate of drug-likeness (QED) is 0.793. The van der Waals surface area contributed by atoms with Gasteiger partial charge in [0, 0.05) is 31.9 Å². The molecule has 1 unspecified atom stereocenters. The van der Waals surface area contributed by atoms with Crippen LogP contribution in [0.15, 0.2) is 18.5 Å². The summed E-state index contributed by atoms with van der Waals surface area (Å²) in [5, 5.41) is 0. The number of nitrogens with two attached hydrogens (primary N) is 1. The lowest BCUT2D eigenvalue weighted by Gasteiger charge is -2.28. The van der Waals surface area contributed by atoms with E-state index in [0.29, 0.717) is 0 Å². The van der Waals surface area contributed by atoms with Crippen LogP contribution in [0.4, 0.5) is 11.4 Å². The van der Waals surface area contributed by atoms with Crippen molar-refractivity contribution in [2.24, 2.45) is 0 Å². The second-order valence-corrected chi connectivity index (χ2v) is 5.07. The maximum atomic E-state index is 6.02. The number of pyridine rings is 1. The lowest BCUT2D eigenvalue weighted by Crippen LogP contribution is -2.36. The molecule has 2 N–H and O–H groups in total. The minimum atomic E-state index is 0.727. The van der Waals surface area contributed by atoms with E-state index in [1.807, 2.05) is 12.3 Å². The molecular weight excluding hydrogens is 212 g/mol. The predicted molar refractivity (Wildman–Crippen MR) is 70.1 cm³/mol. The molecule has 0 spiro atoms. The van der Waals surface area contributed by atoms with Crippen LogP contribution in [0.25, 0.3) is 0 Å². The molecule has 0 saturated carbocycles. The molecule has 1 aromatic rings. The second kappa shape index (κ2) is 4.53. The van der Waals surface area contributed by atoms with Crippen molar-refractivity contribution in [3.63, 3.8) is 0 Å². The zero-order chi connectivity index (χ0) is 11.7. The topological polar surface area (TPSA) is 45.4 Å². The molecule has 0 aliphatic carbocycles. The number of fused-ring (bicyclic) bond motifs is 1. The van der Waals surface area contributed by atoms with Gasteiger partial charge in [-0.15, -0.1) is 0 Å². The molecule has 2 aliphatic rings. The fourth-order valence-corrected chi connectivity index (χ4v) is 3.11.